The van der Waals surface area contributed by atoms with E-state index in [-0.39, 0.29) is 6.42 Å². The Morgan fingerprint density at radius 1 is 1.10 bits per heavy atom. The molecule has 0 spiro atoms. The topological polar surface area (TPSA) is 40.5 Å². The number of carbonyl (C=O) groups is 1. The third kappa shape index (κ3) is 2.93. The van der Waals surface area contributed by atoms with Crippen LogP contribution in [0.5, 0.6) is 0 Å². The van der Waals surface area contributed by atoms with Crippen molar-refractivity contribution in [3.63, 3.8) is 0 Å². The Balaban J connectivity index is 2.66. The van der Waals surface area contributed by atoms with Crippen LogP contribution in [0.1, 0.15) is 32.8 Å². The number of rotatable bonds is 6. The van der Waals surface area contributed by atoms with Gasteiger partial charge in [0.2, 0.25) is 0 Å². The number of hydrogen-bond acceptors (Lipinski definition) is 2. The fourth-order valence-corrected chi connectivity index (χ4v) is 3.29. The smallest absolute Gasteiger partial charge is 0.305 e. The lowest BCUT2D eigenvalue weighted by Gasteiger charge is -2.40. The van der Waals surface area contributed by atoms with Gasteiger partial charge in [-0.3, -0.25) is 9.69 Å². The third-order valence-corrected chi connectivity index (χ3v) is 4.33. The Kier molecular flexibility index (Phi) is 4.63. The van der Waals surface area contributed by atoms with Crippen LogP contribution in [0.4, 0.5) is 0 Å². The number of hydrogen-bond donors (Lipinski definition) is 1. The minimum absolute atomic E-state index is 0.0999. The van der Waals surface area contributed by atoms with Gasteiger partial charge in [-0.2, -0.15) is 0 Å². The molecule has 1 N–H and O–H groups in total. The van der Waals surface area contributed by atoms with Crippen molar-refractivity contribution < 1.29 is 9.90 Å². The highest BCUT2D eigenvalue weighted by Gasteiger charge is 2.35. The summed E-state index contributed by atoms with van der Waals surface area (Å²) in [6, 6.07) is 14.3. The molecule has 21 heavy (non-hydrogen) atoms. The molecule has 1 atom stereocenters. The molecule has 0 aliphatic heterocycles. The average molecular weight is 285 g/mol. The summed E-state index contributed by atoms with van der Waals surface area (Å²) < 4.78 is 0. The lowest BCUT2D eigenvalue weighted by atomic mass is 9.83. The zero-order valence-electron chi connectivity index (χ0n) is 13.0. The second kappa shape index (κ2) is 6.27. The van der Waals surface area contributed by atoms with Crippen molar-refractivity contribution in [1.29, 1.82) is 0 Å². The van der Waals surface area contributed by atoms with E-state index >= 15 is 0 Å². The van der Waals surface area contributed by atoms with Gasteiger partial charge in [-0.25, -0.2) is 0 Å². The SMILES string of the molecule is CCN(CC)C(C)(CC(=O)O)c1cccc2ccccc12. The summed E-state index contributed by atoms with van der Waals surface area (Å²) in [5.41, 5.74) is 0.586. The van der Waals surface area contributed by atoms with Crippen LogP contribution in [-0.2, 0) is 10.3 Å². The van der Waals surface area contributed by atoms with Crippen molar-refractivity contribution in [2.24, 2.45) is 0 Å². The quantitative estimate of drug-likeness (QED) is 0.876. The van der Waals surface area contributed by atoms with Crippen molar-refractivity contribution in [3.8, 4) is 0 Å². The largest absolute Gasteiger partial charge is 0.481 e. The van der Waals surface area contributed by atoms with Gasteiger partial charge in [-0.05, 0) is 36.3 Å². The van der Waals surface area contributed by atoms with E-state index in [0.29, 0.717) is 0 Å². The summed E-state index contributed by atoms with van der Waals surface area (Å²) in [7, 11) is 0. The second-order valence-corrected chi connectivity index (χ2v) is 5.54. The molecule has 0 fully saturated rings. The van der Waals surface area contributed by atoms with E-state index in [9.17, 15) is 9.90 Å². The first-order valence-electron chi connectivity index (χ1n) is 7.48. The predicted molar refractivity (Wildman–Crippen MR) is 86.5 cm³/mol. The number of carboxylic acids is 1. The summed E-state index contributed by atoms with van der Waals surface area (Å²) in [6.07, 6.45) is 0.0999. The zero-order chi connectivity index (χ0) is 15.5. The van der Waals surface area contributed by atoms with E-state index in [4.69, 9.17) is 0 Å². The standard InChI is InChI=1S/C18H23NO2/c1-4-19(5-2)18(3,13-17(20)21)16-12-8-10-14-9-6-7-11-15(14)16/h6-12H,4-5,13H2,1-3H3,(H,20,21). The molecular weight excluding hydrogens is 262 g/mol. The summed E-state index contributed by atoms with van der Waals surface area (Å²) in [4.78, 5) is 13.7. The van der Waals surface area contributed by atoms with Crippen molar-refractivity contribution in [3.05, 3.63) is 48.0 Å². The van der Waals surface area contributed by atoms with Crippen molar-refractivity contribution in [1.82, 2.24) is 4.90 Å². The number of fused-ring (bicyclic) bond motifs is 1. The monoisotopic (exact) mass is 285 g/mol. The normalized spacial score (nSPS) is 14.3. The molecule has 0 aliphatic carbocycles. The van der Waals surface area contributed by atoms with E-state index in [1.54, 1.807) is 0 Å². The van der Waals surface area contributed by atoms with Crippen LogP contribution < -0.4 is 0 Å². The molecule has 112 valence electrons. The van der Waals surface area contributed by atoms with Gasteiger partial charge in [0.15, 0.2) is 0 Å². The zero-order valence-corrected chi connectivity index (χ0v) is 13.0. The highest BCUT2D eigenvalue weighted by Crippen LogP contribution is 2.36. The van der Waals surface area contributed by atoms with Crippen molar-refractivity contribution in [2.45, 2.75) is 32.7 Å². The van der Waals surface area contributed by atoms with Gasteiger partial charge in [0.1, 0.15) is 0 Å². The summed E-state index contributed by atoms with van der Waals surface area (Å²) >= 11 is 0. The van der Waals surface area contributed by atoms with Gasteiger partial charge in [-0.1, -0.05) is 56.3 Å². The van der Waals surface area contributed by atoms with Gasteiger partial charge in [0.05, 0.1) is 12.0 Å². The van der Waals surface area contributed by atoms with E-state index in [0.717, 1.165) is 29.4 Å². The highest BCUT2D eigenvalue weighted by molar-refractivity contribution is 5.87. The average Bonchev–Trinajstić information content (AvgIpc) is 2.47. The maximum absolute atomic E-state index is 11.4. The number of nitrogens with zero attached hydrogens (tertiary/aromatic N) is 1. The lowest BCUT2D eigenvalue weighted by molar-refractivity contribution is -0.140. The van der Waals surface area contributed by atoms with Crippen molar-refractivity contribution >= 4 is 16.7 Å². The Morgan fingerprint density at radius 3 is 2.33 bits per heavy atom. The van der Waals surface area contributed by atoms with Crippen LogP contribution in [0.2, 0.25) is 0 Å². The predicted octanol–water partition coefficient (Wildman–Crippen LogP) is 3.87. The van der Waals surface area contributed by atoms with Gasteiger partial charge in [-0.15, -0.1) is 0 Å². The molecule has 0 aromatic heterocycles. The molecule has 0 radical (unpaired) electrons. The first-order chi connectivity index (χ1) is 10.0. The first-order valence-corrected chi connectivity index (χ1v) is 7.48. The number of benzene rings is 2. The maximum Gasteiger partial charge on any atom is 0.305 e. The molecule has 3 heteroatoms. The Hall–Kier alpha value is -1.87. The van der Waals surface area contributed by atoms with Crippen LogP contribution in [-0.4, -0.2) is 29.1 Å². The third-order valence-electron chi connectivity index (χ3n) is 4.33. The number of aliphatic carboxylic acids is 1. The molecule has 2 rings (SSSR count). The Morgan fingerprint density at radius 2 is 1.71 bits per heavy atom. The molecule has 3 nitrogen and oxygen atoms in total. The Labute approximate surface area is 126 Å². The first kappa shape index (κ1) is 15.5. The summed E-state index contributed by atoms with van der Waals surface area (Å²) in [5.74, 6) is -0.766. The fourth-order valence-electron chi connectivity index (χ4n) is 3.29. The molecule has 0 saturated heterocycles. The van der Waals surface area contributed by atoms with Gasteiger partial charge in [0.25, 0.3) is 0 Å². The molecule has 0 heterocycles. The lowest BCUT2D eigenvalue weighted by Crippen LogP contribution is -2.45. The number of carboxylic acid groups (broad SMARTS) is 1. The van der Waals surface area contributed by atoms with Crippen LogP contribution in [0.25, 0.3) is 10.8 Å². The van der Waals surface area contributed by atoms with Gasteiger partial charge >= 0.3 is 5.97 Å². The minimum Gasteiger partial charge on any atom is -0.481 e. The second-order valence-electron chi connectivity index (χ2n) is 5.54. The fraction of sp³-hybridized carbons (Fsp3) is 0.389. The van der Waals surface area contributed by atoms with Crippen molar-refractivity contribution in [2.75, 3.05) is 13.1 Å². The maximum atomic E-state index is 11.4. The molecule has 0 saturated carbocycles. The van der Waals surface area contributed by atoms with Gasteiger partial charge in [0, 0.05) is 0 Å². The summed E-state index contributed by atoms with van der Waals surface area (Å²) in [5, 5.41) is 11.7. The van der Waals surface area contributed by atoms with E-state index in [1.165, 1.54) is 0 Å². The van der Waals surface area contributed by atoms with Gasteiger partial charge < -0.3 is 5.11 Å². The van der Waals surface area contributed by atoms with Crippen LogP contribution in [0.15, 0.2) is 42.5 Å². The molecule has 2 aromatic rings. The molecule has 0 amide bonds. The van der Waals surface area contributed by atoms with Crippen LogP contribution in [0, 0.1) is 0 Å². The van der Waals surface area contributed by atoms with E-state index in [2.05, 4.69) is 43.0 Å². The minimum atomic E-state index is -0.766. The van der Waals surface area contributed by atoms with E-state index < -0.39 is 11.5 Å². The highest BCUT2D eigenvalue weighted by atomic mass is 16.4. The van der Waals surface area contributed by atoms with Crippen LogP contribution >= 0.6 is 0 Å². The summed E-state index contributed by atoms with van der Waals surface area (Å²) in [6.45, 7) is 7.84. The molecular formula is C18H23NO2. The molecule has 2 aromatic carbocycles. The molecule has 0 bridgehead atoms. The molecule has 0 aliphatic rings. The van der Waals surface area contributed by atoms with E-state index in [1.807, 2.05) is 25.1 Å². The van der Waals surface area contributed by atoms with Crippen LogP contribution in [0.3, 0.4) is 0 Å². The Bertz CT molecular complexity index is 629. The molecule has 1 unspecified atom stereocenters.